The van der Waals surface area contributed by atoms with E-state index in [1.165, 1.54) is 24.6 Å². The maximum atomic E-state index is 4.52. The van der Waals surface area contributed by atoms with Crippen LogP contribution in [-0.4, -0.2) is 35.1 Å². The van der Waals surface area contributed by atoms with Crippen LogP contribution in [0.4, 0.5) is 5.82 Å². The second-order valence-electron chi connectivity index (χ2n) is 5.21. The van der Waals surface area contributed by atoms with Crippen molar-refractivity contribution in [1.82, 2.24) is 15.3 Å². The third-order valence-electron chi connectivity index (χ3n) is 4.06. The van der Waals surface area contributed by atoms with Gasteiger partial charge in [-0.05, 0) is 30.7 Å². The Morgan fingerprint density at radius 3 is 3.17 bits per heavy atom. The lowest BCUT2D eigenvalue weighted by Crippen LogP contribution is -2.35. The van der Waals surface area contributed by atoms with E-state index >= 15 is 0 Å². The monoisotopic (exact) mass is 260 g/mol. The second-order valence-corrected chi connectivity index (χ2v) is 6.10. The van der Waals surface area contributed by atoms with Crippen LogP contribution in [0.25, 0.3) is 10.2 Å². The van der Waals surface area contributed by atoms with Crippen molar-refractivity contribution in [1.29, 1.82) is 0 Å². The van der Waals surface area contributed by atoms with Crippen molar-refractivity contribution in [2.45, 2.75) is 31.3 Å². The van der Waals surface area contributed by atoms with Gasteiger partial charge < -0.3 is 10.2 Å². The molecule has 0 aromatic carbocycles. The van der Waals surface area contributed by atoms with E-state index in [1.54, 1.807) is 17.7 Å². The minimum absolute atomic E-state index is 0.640. The zero-order chi connectivity index (χ0) is 11.9. The Bertz CT molecular complexity index is 567. The highest BCUT2D eigenvalue weighted by Gasteiger charge is 2.30. The average molecular weight is 260 g/mol. The molecular weight excluding hydrogens is 244 g/mol. The molecule has 4 heterocycles. The van der Waals surface area contributed by atoms with Gasteiger partial charge in [-0.2, -0.15) is 0 Å². The van der Waals surface area contributed by atoms with E-state index in [0.717, 1.165) is 29.8 Å². The molecule has 0 aliphatic carbocycles. The normalized spacial score (nSPS) is 27.7. The van der Waals surface area contributed by atoms with Crippen molar-refractivity contribution >= 4 is 27.4 Å². The summed E-state index contributed by atoms with van der Waals surface area (Å²) < 4.78 is 0. The second kappa shape index (κ2) is 4.17. The fraction of sp³-hybridized carbons (Fsp3) is 0.538. The van der Waals surface area contributed by atoms with Crippen LogP contribution in [0.3, 0.4) is 0 Å². The lowest BCUT2D eigenvalue weighted by atomic mass is 10.1. The van der Waals surface area contributed by atoms with E-state index in [4.69, 9.17) is 0 Å². The van der Waals surface area contributed by atoms with Crippen LogP contribution in [0.2, 0.25) is 0 Å². The first-order valence-corrected chi connectivity index (χ1v) is 7.47. The van der Waals surface area contributed by atoms with Gasteiger partial charge >= 0.3 is 0 Å². The van der Waals surface area contributed by atoms with Crippen LogP contribution < -0.4 is 10.2 Å². The first-order valence-electron chi connectivity index (χ1n) is 6.59. The van der Waals surface area contributed by atoms with Crippen LogP contribution in [-0.2, 0) is 0 Å². The van der Waals surface area contributed by atoms with Gasteiger partial charge in [-0.3, -0.25) is 0 Å². The number of hydrogen-bond donors (Lipinski definition) is 1. The Labute approximate surface area is 110 Å². The van der Waals surface area contributed by atoms with Gasteiger partial charge in [0.2, 0.25) is 0 Å². The highest BCUT2D eigenvalue weighted by Crippen LogP contribution is 2.29. The van der Waals surface area contributed by atoms with E-state index in [1.807, 2.05) is 0 Å². The smallest absolute Gasteiger partial charge is 0.140 e. The molecule has 4 nitrogen and oxygen atoms in total. The number of aromatic nitrogens is 2. The number of nitrogens with zero attached hydrogens (tertiary/aromatic N) is 3. The number of nitrogens with one attached hydrogen (secondary N) is 1. The van der Waals surface area contributed by atoms with Gasteiger partial charge in [0.25, 0.3) is 0 Å². The van der Waals surface area contributed by atoms with E-state index in [2.05, 4.69) is 31.6 Å². The van der Waals surface area contributed by atoms with E-state index < -0.39 is 0 Å². The zero-order valence-corrected chi connectivity index (χ0v) is 11.0. The molecule has 2 aliphatic rings. The zero-order valence-electron chi connectivity index (χ0n) is 10.2. The molecular formula is C13H16N4S. The van der Waals surface area contributed by atoms with Gasteiger partial charge in [-0.15, -0.1) is 11.3 Å². The predicted octanol–water partition coefficient (Wildman–Crippen LogP) is 2.02. The molecule has 0 radical (unpaired) electrons. The summed E-state index contributed by atoms with van der Waals surface area (Å²) in [4.78, 5) is 12.4. The Kier molecular flexibility index (Phi) is 2.48. The molecule has 2 fully saturated rings. The molecule has 4 rings (SSSR count). The quantitative estimate of drug-likeness (QED) is 0.851. The van der Waals surface area contributed by atoms with Gasteiger partial charge in [0.15, 0.2) is 0 Å². The molecule has 2 saturated heterocycles. The third-order valence-corrected chi connectivity index (χ3v) is 4.88. The number of hydrogen-bond acceptors (Lipinski definition) is 5. The molecule has 2 atom stereocenters. The van der Waals surface area contributed by atoms with Gasteiger partial charge in [-0.1, -0.05) is 0 Å². The number of thiophene rings is 1. The van der Waals surface area contributed by atoms with Crippen molar-refractivity contribution in [2.75, 3.05) is 18.0 Å². The predicted molar refractivity (Wildman–Crippen MR) is 74.2 cm³/mol. The van der Waals surface area contributed by atoms with Crippen molar-refractivity contribution in [3.05, 3.63) is 17.8 Å². The van der Waals surface area contributed by atoms with Crippen molar-refractivity contribution in [3.63, 3.8) is 0 Å². The van der Waals surface area contributed by atoms with Gasteiger partial charge in [-0.25, -0.2) is 9.97 Å². The number of fused-ring (bicyclic) bond motifs is 3. The molecule has 2 unspecified atom stereocenters. The maximum Gasteiger partial charge on any atom is 0.140 e. The van der Waals surface area contributed by atoms with Crippen molar-refractivity contribution in [2.24, 2.45) is 0 Å². The molecule has 2 aromatic heterocycles. The molecule has 1 N–H and O–H groups in total. The van der Waals surface area contributed by atoms with E-state index in [9.17, 15) is 0 Å². The topological polar surface area (TPSA) is 41.1 Å². The fourth-order valence-electron chi connectivity index (χ4n) is 3.16. The summed E-state index contributed by atoms with van der Waals surface area (Å²) in [5.41, 5.74) is 0. The minimum Gasteiger partial charge on any atom is -0.354 e. The summed E-state index contributed by atoms with van der Waals surface area (Å²) in [6.45, 7) is 2.19. The summed E-state index contributed by atoms with van der Waals surface area (Å²) in [5, 5.41) is 7.02. The van der Waals surface area contributed by atoms with Crippen LogP contribution in [0.5, 0.6) is 0 Å². The first kappa shape index (κ1) is 10.7. The van der Waals surface area contributed by atoms with Crippen LogP contribution in [0.1, 0.15) is 19.3 Å². The highest BCUT2D eigenvalue weighted by molar-refractivity contribution is 7.16. The fourth-order valence-corrected chi connectivity index (χ4v) is 3.89. The molecule has 5 heteroatoms. The van der Waals surface area contributed by atoms with Crippen molar-refractivity contribution < 1.29 is 0 Å². The van der Waals surface area contributed by atoms with Gasteiger partial charge in [0.05, 0.1) is 5.39 Å². The summed E-state index contributed by atoms with van der Waals surface area (Å²) >= 11 is 1.69. The van der Waals surface area contributed by atoms with Crippen LogP contribution >= 0.6 is 11.3 Å². The van der Waals surface area contributed by atoms with Gasteiger partial charge in [0.1, 0.15) is 17.0 Å². The van der Waals surface area contributed by atoms with Crippen LogP contribution in [0.15, 0.2) is 17.8 Å². The molecule has 18 heavy (non-hydrogen) atoms. The lowest BCUT2D eigenvalue weighted by Gasteiger charge is -2.25. The average Bonchev–Trinajstić information content (AvgIpc) is 2.95. The van der Waals surface area contributed by atoms with Gasteiger partial charge in [0, 0.05) is 25.2 Å². The summed E-state index contributed by atoms with van der Waals surface area (Å²) in [7, 11) is 0. The molecule has 2 aliphatic heterocycles. The molecule has 0 saturated carbocycles. The van der Waals surface area contributed by atoms with E-state index in [-0.39, 0.29) is 0 Å². The number of rotatable bonds is 1. The largest absolute Gasteiger partial charge is 0.354 e. The summed E-state index contributed by atoms with van der Waals surface area (Å²) in [5.74, 6) is 1.12. The first-order chi connectivity index (χ1) is 8.90. The Morgan fingerprint density at radius 1 is 1.22 bits per heavy atom. The molecule has 0 amide bonds. The number of anilines is 1. The van der Waals surface area contributed by atoms with Crippen LogP contribution in [0, 0.1) is 0 Å². The third kappa shape index (κ3) is 1.69. The Morgan fingerprint density at radius 2 is 2.17 bits per heavy atom. The molecule has 94 valence electrons. The highest BCUT2D eigenvalue weighted by atomic mass is 32.1. The standard InChI is InChI=1S/C13H16N4S/c1-2-10-7-17(5-3-9(1)16-10)12-11-4-6-18-13(11)15-8-14-12/h4,6,8-10,16H,1-3,5,7H2. The maximum absolute atomic E-state index is 4.52. The molecule has 2 aromatic rings. The van der Waals surface area contributed by atoms with Crippen molar-refractivity contribution in [3.8, 4) is 0 Å². The molecule has 2 bridgehead atoms. The SMILES string of the molecule is c1nc(N2CCC3CCC(C2)N3)c2ccsc2n1. The Hall–Kier alpha value is -1.20. The summed E-state index contributed by atoms with van der Waals surface area (Å²) in [6.07, 6.45) is 5.58. The summed E-state index contributed by atoms with van der Waals surface area (Å²) in [6, 6.07) is 3.51. The molecule has 0 spiro atoms. The van der Waals surface area contributed by atoms with E-state index in [0.29, 0.717) is 6.04 Å². The lowest BCUT2D eigenvalue weighted by molar-refractivity contribution is 0.563. The minimum atomic E-state index is 0.640. The Balaban J connectivity index is 1.71.